The summed E-state index contributed by atoms with van der Waals surface area (Å²) in [4.78, 5) is 19.3. The summed E-state index contributed by atoms with van der Waals surface area (Å²) in [6, 6.07) is 11.2. The third-order valence-electron chi connectivity index (χ3n) is 7.10. The molecular weight excluding hydrogens is 458 g/mol. The first-order chi connectivity index (χ1) is 17.7. The van der Waals surface area contributed by atoms with Crippen molar-refractivity contribution < 1.29 is 4.74 Å². The molecule has 37 heavy (non-hydrogen) atoms. The van der Waals surface area contributed by atoms with Crippen molar-refractivity contribution in [3.63, 3.8) is 0 Å². The molecule has 6 heteroatoms. The Labute approximate surface area is 221 Å². The maximum Gasteiger partial charge on any atom is 0.144 e. The first-order valence-corrected chi connectivity index (χ1v) is 13.4. The molecule has 0 aliphatic carbocycles. The number of aryl methyl sites for hydroxylation is 2. The standard InChI is InChI=1S/C31H39N5O/c1-19(2)12-27-22(5)33-29(18-35(6)7)34-31(27)36-10-11-37-30-20(3)13-25(15-26(30)17-36)23-8-9-24-14-21(4)32-28(24)16-23/h8-9,13,15-16,19H,10-12,14,17-18H2,1-7H3. The minimum atomic E-state index is 0.524. The molecule has 0 radical (unpaired) electrons. The second-order valence-corrected chi connectivity index (χ2v) is 11.3. The maximum absolute atomic E-state index is 6.34. The Morgan fingerprint density at radius 2 is 1.81 bits per heavy atom. The van der Waals surface area contributed by atoms with E-state index < -0.39 is 0 Å². The molecule has 0 N–H and O–H groups in total. The molecule has 0 atom stereocenters. The van der Waals surface area contributed by atoms with Crippen LogP contribution in [0.4, 0.5) is 11.5 Å². The van der Waals surface area contributed by atoms with Crippen LogP contribution in [0.1, 0.15) is 54.5 Å². The van der Waals surface area contributed by atoms with E-state index in [4.69, 9.17) is 19.7 Å². The van der Waals surface area contributed by atoms with Crippen LogP contribution in [0.5, 0.6) is 5.75 Å². The summed E-state index contributed by atoms with van der Waals surface area (Å²) in [7, 11) is 4.12. The number of hydrogen-bond donors (Lipinski definition) is 0. The molecule has 1 aromatic heterocycles. The van der Waals surface area contributed by atoms with Crippen LogP contribution in [0.3, 0.4) is 0 Å². The molecule has 3 aromatic rings. The summed E-state index contributed by atoms with van der Waals surface area (Å²) in [6.07, 6.45) is 1.91. The van der Waals surface area contributed by atoms with Gasteiger partial charge in [0.25, 0.3) is 0 Å². The molecule has 0 spiro atoms. The molecule has 0 amide bonds. The highest BCUT2D eigenvalue weighted by Gasteiger charge is 2.24. The zero-order valence-electron chi connectivity index (χ0n) is 23.4. The van der Waals surface area contributed by atoms with Gasteiger partial charge in [-0.3, -0.25) is 4.99 Å². The van der Waals surface area contributed by atoms with Crippen molar-refractivity contribution in [1.82, 2.24) is 14.9 Å². The van der Waals surface area contributed by atoms with E-state index in [0.29, 0.717) is 12.5 Å². The maximum atomic E-state index is 6.34. The fourth-order valence-corrected chi connectivity index (χ4v) is 5.48. The highest BCUT2D eigenvalue weighted by Crippen LogP contribution is 2.37. The first-order valence-electron chi connectivity index (χ1n) is 13.4. The summed E-state index contributed by atoms with van der Waals surface area (Å²) >= 11 is 0. The largest absolute Gasteiger partial charge is 0.491 e. The van der Waals surface area contributed by atoms with E-state index in [0.717, 1.165) is 61.2 Å². The number of fused-ring (bicyclic) bond motifs is 2. The summed E-state index contributed by atoms with van der Waals surface area (Å²) in [5.74, 6) is 3.46. The molecule has 2 aliphatic heterocycles. The molecule has 2 aliphatic rings. The first kappa shape index (κ1) is 25.4. The molecule has 3 heterocycles. The quantitative estimate of drug-likeness (QED) is 0.414. The number of hydrogen-bond acceptors (Lipinski definition) is 6. The third kappa shape index (κ3) is 5.40. The second kappa shape index (κ2) is 10.3. The summed E-state index contributed by atoms with van der Waals surface area (Å²) in [5, 5.41) is 0. The zero-order chi connectivity index (χ0) is 26.3. The van der Waals surface area contributed by atoms with Gasteiger partial charge in [0, 0.05) is 35.5 Å². The van der Waals surface area contributed by atoms with Gasteiger partial charge in [0.15, 0.2) is 0 Å². The minimum absolute atomic E-state index is 0.524. The van der Waals surface area contributed by atoms with Gasteiger partial charge in [0.05, 0.1) is 18.8 Å². The molecule has 0 bridgehead atoms. The Morgan fingerprint density at radius 1 is 1.00 bits per heavy atom. The Morgan fingerprint density at radius 3 is 2.57 bits per heavy atom. The van der Waals surface area contributed by atoms with Gasteiger partial charge in [0.2, 0.25) is 0 Å². The van der Waals surface area contributed by atoms with Gasteiger partial charge in [0.1, 0.15) is 24.0 Å². The molecule has 194 valence electrons. The van der Waals surface area contributed by atoms with Crippen LogP contribution in [-0.2, 0) is 25.9 Å². The van der Waals surface area contributed by atoms with Gasteiger partial charge in [-0.1, -0.05) is 26.0 Å². The lowest BCUT2D eigenvalue weighted by atomic mass is 9.97. The predicted molar refractivity (Wildman–Crippen MR) is 152 cm³/mol. The number of ether oxygens (including phenoxy) is 1. The fraction of sp³-hybridized carbons (Fsp3) is 0.452. The predicted octanol–water partition coefficient (Wildman–Crippen LogP) is 6.07. The van der Waals surface area contributed by atoms with Crippen LogP contribution in [-0.4, -0.2) is 47.8 Å². The number of nitrogens with zero attached hydrogens (tertiary/aromatic N) is 5. The van der Waals surface area contributed by atoms with Crippen LogP contribution in [0.25, 0.3) is 11.1 Å². The van der Waals surface area contributed by atoms with Crippen molar-refractivity contribution in [2.75, 3.05) is 32.1 Å². The smallest absolute Gasteiger partial charge is 0.144 e. The molecule has 5 rings (SSSR count). The third-order valence-corrected chi connectivity index (χ3v) is 7.10. The Bertz CT molecular complexity index is 1360. The second-order valence-electron chi connectivity index (χ2n) is 11.3. The molecule has 2 aromatic carbocycles. The van der Waals surface area contributed by atoms with Crippen molar-refractivity contribution in [2.45, 2.75) is 60.5 Å². The van der Waals surface area contributed by atoms with E-state index in [1.165, 1.54) is 39.1 Å². The number of aliphatic imine (C=N–C) groups is 1. The molecule has 0 fully saturated rings. The summed E-state index contributed by atoms with van der Waals surface area (Å²) in [6.45, 7) is 13.8. The lowest BCUT2D eigenvalue weighted by Gasteiger charge is -2.26. The van der Waals surface area contributed by atoms with Crippen LogP contribution >= 0.6 is 0 Å². The van der Waals surface area contributed by atoms with E-state index >= 15 is 0 Å². The van der Waals surface area contributed by atoms with Crippen molar-refractivity contribution >= 4 is 17.2 Å². The van der Waals surface area contributed by atoms with Crippen molar-refractivity contribution in [3.8, 4) is 16.9 Å². The van der Waals surface area contributed by atoms with E-state index in [-0.39, 0.29) is 0 Å². The van der Waals surface area contributed by atoms with Gasteiger partial charge in [-0.05, 0) is 87.7 Å². The van der Waals surface area contributed by atoms with Crippen LogP contribution < -0.4 is 9.64 Å². The lowest BCUT2D eigenvalue weighted by molar-refractivity contribution is 0.329. The highest BCUT2D eigenvalue weighted by atomic mass is 16.5. The van der Waals surface area contributed by atoms with Crippen LogP contribution in [0.2, 0.25) is 0 Å². The molecule has 0 saturated heterocycles. The fourth-order valence-electron chi connectivity index (χ4n) is 5.48. The summed E-state index contributed by atoms with van der Waals surface area (Å²) in [5.41, 5.74) is 10.7. The van der Waals surface area contributed by atoms with Gasteiger partial charge < -0.3 is 14.5 Å². The summed E-state index contributed by atoms with van der Waals surface area (Å²) < 4.78 is 6.34. The van der Waals surface area contributed by atoms with E-state index in [1.54, 1.807) is 0 Å². The average Bonchev–Trinajstić information content (AvgIpc) is 3.05. The molecule has 0 saturated carbocycles. The Kier molecular flexibility index (Phi) is 7.04. The number of aromatic nitrogens is 2. The molecule has 6 nitrogen and oxygen atoms in total. The van der Waals surface area contributed by atoms with Gasteiger partial charge in [-0.15, -0.1) is 0 Å². The number of benzene rings is 2. The number of anilines is 1. The van der Waals surface area contributed by atoms with E-state index in [1.807, 2.05) is 0 Å². The van der Waals surface area contributed by atoms with Crippen LogP contribution in [0, 0.1) is 19.8 Å². The Hall–Kier alpha value is -3.25. The highest BCUT2D eigenvalue weighted by molar-refractivity contribution is 5.93. The zero-order valence-corrected chi connectivity index (χ0v) is 23.4. The van der Waals surface area contributed by atoms with Crippen molar-refractivity contribution in [2.24, 2.45) is 10.9 Å². The van der Waals surface area contributed by atoms with E-state index in [2.05, 4.69) is 88.8 Å². The van der Waals surface area contributed by atoms with Gasteiger partial charge in [-0.2, -0.15) is 0 Å². The van der Waals surface area contributed by atoms with Gasteiger partial charge in [-0.25, -0.2) is 9.97 Å². The minimum Gasteiger partial charge on any atom is -0.491 e. The number of rotatable bonds is 6. The topological polar surface area (TPSA) is 53.9 Å². The lowest BCUT2D eigenvalue weighted by Crippen LogP contribution is -2.29. The SMILES string of the molecule is CC1=Nc2cc(-c3cc(C)c4c(c3)CN(c3nc(CN(C)C)nc(C)c3CC(C)C)CCO4)ccc2C1. The van der Waals surface area contributed by atoms with Crippen molar-refractivity contribution in [3.05, 3.63) is 64.1 Å². The Balaban J connectivity index is 1.54. The average molecular weight is 498 g/mol. The van der Waals surface area contributed by atoms with E-state index in [9.17, 15) is 0 Å². The molecule has 0 unspecified atom stereocenters. The molecular formula is C31H39N5O. The van der Waals surface area contributed by atoms with Gasteiger partial charge >= 0.3 is 0 Å². The van der Waals surface area contributed by atoms with Crippen LogP contribution in [0.15, 0.2) is 35.3 Å². The normalized spacial score (nSPS) is 14.9. The monoisotopic (exact) mass is 497 g/mol. The van der Waals surface area contributed by atoms with Crippen molar-refractivity contribution in [1.29, 1.82) is 0 Å².